The van der Waals surface area contributed by atoms with Crippen molar-refractivity contribution in [3.63, 3.8) is 0 Å². The minimum atomic E-state index is 0.636. The molecule has 2 rings (SSSR count). The highest BCUT2D eigenvalue weighted by molar-refractivity contribution is 5.10. The fourth-order valence-corrected chi connectivity index (χ4v) is 2.97. The van der Waals surface area contributed by atoms with Crippen molar-refractivity contribution in [2.45, 2.75) is 59.7 Å². The molecule has 4 nitrogen and oxygen atoms in total. The molecule has 1 N–H and O–H groups in total. The van der Waals surface area contributed by atoms with E-state index in [1.165, 1.54) is 17.8 Å². The standard InChI is InChI=1S/C16H30N4/c1-5-13(4)16-12-19(9-8-17-16)11-15-10-14(6-2)18-20(15)7-3/h10,13,16-17H,5-9,11-12H2,1-4H3. The molecule has 114 valence electrons. The van der Waals surface area contributed by atoms with Gasteiger partial charge in [-0.05, 0) is 25.3 Å². The lowest BCUT2D eigenvalue weighted by molar-refractivity contribution is 0.159. The first kappa shape index (κ1) is 15.5. The van der Waals surface area contributed by atoms with Crippen molar-refractivity contribution in [3.8, 4) is 0 Å². The predicted octanol–water partition coefficient (Wildman–Crippen LogP) is 2.29. The molecule has 1 aliphatic rings. The highest BCUT2D eigenvalue weighted by Crippen LogP contribution is 2.15. The van der Waals surface area contributed by atoms with Crippen molar-refractivity contribution in [1.82, 2.24) is 20.0 Å². The second-order valence-corrected chi connectivity index (χ2v) is 5.98. The summed E-state index contributed by atoms with van der Waals surface area (Å²) in [4.78, 5) is 2.58. The van der Waals surface area contributed by atoms with E-state index in [0.717, 1.165) is 45.1 Å². The van der Waals surface area contributed by atoms with Crippen LogP contribution in [0.1, 0.15) is 45.5 Å². The summed E-state index contributed by atoms with van der Waals surface area (Å²) in [7, 11) is 0. The molecule has 2 unspecified atom stereocenters. The molecule has 1 fully saturated rings. The van der Waals surface area contributed by atoms with Crippen LogP contribution in [-0.2, 0) is 19.5 Å². The lowest BCUT2D eigenvalue weighted by Crippen LogP contribution is -2.52. The number of nitrogens with zero attached hydrogens (tertiary/aromatic N) is 3. The molecule has 4 heteroatoms. The molecule has 0 aromatic carbocycles. The molecule has 1 saturated heterocycles. The number of aromatic nitrogens is 2. The topological polar surface area (TPSA) is 33.1 Å². The maximum absolute atomic E-state index is 4.66. The number of nitrogens with one attached hydrogen (secondary N) is 1. The van der Waals surface area contributed by atoms with E-state index in [-0.39, 0.29) is 0 Å². The van der Waals surface area contributed by atoms with Crippen LogP contribution in [0.4, 0.5) is 0 Å². The molecule has 0 bridgehead atoms. The summed E-state index contributed by atoms with van der Waals surface area (Å²) in [6, 6.07) is 2.92. The summed E-state index contributed by atoms with van der Waals surface area (Å²) in [5, 5.41) is 8.32. The van der Waals surface area contributed by atoms with Crippen LogP contribution in [-0.4, -0.2) is 40.4 Å². The zero-order valence-corrected chi connectivity index (χ0v) is 13.5. The van der Waals surface area contributed by atoms with E-state index in [4.69, 9.17) is 0 Å². The number of aryl methyl sites for hydroxylation is 2. The van der Waals surface area contributed by atoms with Gasteiger partial charge >= 0.3 is 0 Å². The Bertz CT molecular complexity index is 413. The molecule has 2 atom stereocenters. The van der Waals surface area contributed by atoms with Crippen LogP contribution in [0.2, 0.25) is 0 Å². The van der Waals surface area contributed by atoms with Gasteiger partial charge in [0.15, 0.2) is 0 Å². The first-order valence-corrected chi connectivity index (χ1v) is 8.19. The maximum Gasteiger partial charge on any atom is 0.0625 e. The SMILES string of the molecule is CCc1cc(CN2CCNC(C(C)CC)C2)n(CC)n1. The molecule has 1 aromatic rings. The number of hydrogen-bond acceptors (Lipinski definition) is 3. The smallest absolute Gasteiger partial charge is 0.0625 e. The fourth-order valence-electron chi connectivity index (χ4n) is 2.97. The van der Waals surface area contributed by atoms with Gasteiger partial charge in [-0.15, -0.1) is 0 Å². The summed E-state index contributed by atoms with van der Waals surface area (Å²) in [5.41, 5.74) is 2.59. The molecule has 0 amide bonds. The van der Waals surface area contributed by atoms with Crippen LogP contribution >= 0.6 is 0 Å². The highest BCUT2D eigenvalue weighted by atomic mass is 15.3. The third kappa shape index (κ3) is 3.61. The second-order valence-electron chi connectivity index (χ2n) is 5.98. The molecular weight excluding hydrogens is 248 g/mol. The van der Waals surface area contributed by atoms with Crippen molar-refractivity contribution in [3.05, 3.63) is 17.5 Å². The molecular formula is C16H30N4. The lowest BCUT2D eigenvalue weighted by Gasteiger charge is -2.36. The highest BCUT2D eigenvalue weighted by Gasteiger charge is 2.23. The Morgan fingerprint density at radius 1 is 1.40 bits per heavy atom. The van der Waals surface area contributed by atoms with Crippen molar-refractivity contribution in [1.29, 1.82) is 0 Å². The van der Waals surface area contributed by atoms with Gasteiger partial charge in [0.2, 0.25) is 0 Å². The summed E-state index contributed by atoms with van der Waals surface area (Å²) in [5.74, 6) is 0.750. The van der Waals surface area contributed by atoms with Crippen LogP contribution in [0.15, 0.2) is 6.07 Å². The number of hydrogen-bond donors (Lipinski definition) is 1. The van der Waals surface area contributed by atoms with Gasteiger partial charge in [-0.3, -0.25) is 9.58 Å². The molecule has 0 aliphatic carbocycles. The first-order valence-electron chi connectivity index (χ1n) is 8.19. The van der Waals surface area contributed by atoms with Gasteiger partial charge in [-0.25, -0.2) is 0 Å². The lowest BCUT2D eigenvalue weighted by atomic mass is 9.97. The van der Waals surface area contributed by atoms with E-state index in [2.05, 4.69) is 53.8 Å². The zero-order chi connectivity index (χ0) is 14.5. The van der Waals surface area contributed by atoms with E-state index in [1.807, 2.05) is 0 Å². The van der Waals surface area contributed by atoms with E-state index in [1.54, 1.807) is 0 Å². The van der Waals surface area contributed by atoms with Gasteiger partial charge < -0.3 is 5.32 Å². The van der Waals surface area contributed by atoms with E-state index in [9.17, 15) is 0 Å². The van der Waals surface area contributed by atoms with Crippen LogP contribution in [0.5, 0.6) is 0 Å². The Kier molecular flexibility index (Phi) is 5.61. The van der Waals surface area contributed by atoms with Crippen molar-refractivity contribution in [2.24, 2.45) is 5.92 Å². The van der Waals surface area contributed by atoms with Gasteiger partial charge in [0.1, 0.15) is 0 Å². The average Bonchev–Trinajstić information content (AvgIpc) is 2.88. The molecule has 1 aliphatic heterocycles. The second kappa shape index (κ2) is 7.23. The summed E-state index contributed by atoms with van der Waals surface area (Å²) in [6.07, 6.45) is 2.27. The summed E-state index contributed by atoms with van der Waals surface area (Å²) in [6.45, 7) is 14.4. The summed E-state index contributed by atoms with van der Waals surface area (Å²) < 4.78 is 2.17. The molecule has 1 aromatic heterocycles. The van der Waals surface area contributed by atoms with Crippen molar-refractivity contribution < 1.29 is 0 Å². The van der Waals surface area contributed by atoms with Crippen LogP contribution < -0.4 is 5.32 Å². The number of piperazine rings is 1. The molecule has 0 spiro atoms. The fraction of sp³-hybridized carbons (Fsp3) is 0.812. The molecule has 0 radical (unpaired) electrons. The monoisotopic (exact) mass is 278 g/mol. The van der Waals surface area contributed by atoms with Crippen molar-refractivity contribution in [2.75, 3.05) is 19.6 Å². The summed E-state index contributed by atoms with van der Waals surface area (Å²) >= 11 is 0. The van der Waals surface area contributed by atoms with E-state index >= 15 is 0 Å². The Hall–Kier alpha value is -0.870. The van der Waals surface area contributed by atoms with Gasteiger partial charge in [0.05, 0.1) is 11.4 Å². The third-order valence-corrected chi connectivity index (χ3v) is 4.58. The Morgan fingerprint density at radius 3 is 2.85 bits per heavy atom. The quantitative estimate of drug-likeness (QED) is 0.866. The predicted molar refractivity (Wildman–Crippen MR) is 83.8 cm³/mol. The van der Waals surface area contributed by atoms with Crippen molar-refractivity contribution >= 4 is 0 Å². The van der Waals surface area contributed by atoms with Gasteiger partial charge in [-0.1, -0.05) is 27.2 Å². The molecule has 20 heavy (non-hydrogen) atoms. The first-order chi connectivity index (χ1) is 9.67. The zero-order valence-electron chi connectivity index (χ0n) is 13.5. The number of rotatable bonds is 6. The molecule has 0 saturated carbocycles. The molecule has 2 heterocycles. The van der Waals surface area contributed by atoms with Crippen LogP contribution in [0, 0.1) is 5.92 Å². The minimum Gasteiger partial charge on any atom is -0.311 e. The van der Waals surface area contributed by atoms with E-state index < -0.39 is 0 Å². The average molecular weight is 278 g/mol. The minimum absolute atomic E-state index is 0.636. The van der Waals surface area contributed by atoms with Gasteiger partial charge in [-0.2, -0.15) is 5.10 Å². The Labute approximate surface area is 123 Å². The van der Waals surface area contributed by atoms with Crippen LogP contribution in [0.25, 0.3) is 0 Å². The van der Waals surface area contributed by atoms with Gasteiger partial charge in [0, 0.05) is 38.8 Å². The van der Waals surface area contributed by atoms with E-state index in [0.29, 0.717) is 6.04 Å². The normalized spacial score (nSPS) is 22.1. The maximum atomic E-state index is 4.66. The van der Waals surface area contributed by atoms with Gasteiger partial charge in [0.25, 0.3) is 0 Å². The van der Waals surface area contributed by atoms with Crippen LogP contribution in [0.3, 0.4) is 0 Å². The Morgan fingerprint density at radius 2 is 2.20 bits per heavy atom. The largest absolute Gasteiger partial charge is 0.311 e. The Balaban J connectivity index is 2.00. The third-order valence-electron chi connectivity index (χ3n) is 4.58.